The van der Waals surface area contributed by atoms with Gasteiger partial charge in [-0.15, -0.1) is 0 Å². The fraction of sp³-hybridized carbons (Fsp3) is 0.500. The van der Waals surface area contributed by atoms with Crippen molar-refractivity contribution in [2.24, 2.45) is 0 Å². The molecule has 0 saturated heterocycles. The Morgan fingerprint density at radius 1 is 1.43 bits per heavy atom. The lowest BCUT2D eigenvalue weighted by Gasteiger charge is -2.23. The molecule has 1 aliphatic rings. The van der Waals surface area contributed by atoms with Crippen molar-refractivity contribution in [3.63, 3.8) is 0 Å². The first-order chi connectivity index (χ1) is 6.79. The molecule has 0 aliphatic carbocycles. The maximum atomic E-state index is 5.49. The number of hydrogen-bond donors (Lipinski definition) is 1. The second kappa shape index (κ2) is 4.01. The van der Waals surface area contributed by atoms with Crippen molar-refractivity contribution in [1.82, 2.24) is 5.32 Å². The van der Waals surface area contributed by atoms with Gasteiger partial charge in [-0.3, -0.25) is 0 Å². The minimum absolute atomic E-state index is 0.583. The van der Waals surface area contributed by atoms with Gasteiger partial charge in [0.15, 0.2) is 0 Å². The molecule has 2 heteroatoms. The second-order valence-corrected chi connectivity index (χ2v) is 3.85. The van der Waals surface area contributed by atoms with Crippen LogP contribution in [0.4, 0.5) is 0 Å². The van der Waals surface area contributed by atoms with Gasteiger partial charge in [0.25, 0.3) is 0 Å². The largest absolute Gasteiger partial charge is 0.494 e. The van der Waals surface area contributed by atoms with Crippen LogP contribution in [0.3, 0.4) is 0 Å². The van der Waals surface area contributed by atoms with E-state index in [1.165, 1.54) is 11.1 Å². The number of nitrogens with one attached hydrogen (secondary N) is 1. The van der Waals surface area contributed by atoms with E-state index in [1.54, 1.807) is 0 Å². The zero-order valence-corrected chi connectivity index (χ0v) is 8.84. The summed E-state index contributed by atoms with van der Waals surface area (Å²) in [4.78, 5) is 0. The first kappa shape index (κ1) is 9.53. The summed E-state index contributed by atoms with van der Waals surface area (Å²) in [5.74, 6) is 1.00. The molecule has 1 heterocycles. The van der Waals surface area contributed by atoms with Crippen LogP contribution in [0.1, 0.15) is 25.0 Å². The van der Waals surface area contributed by atoms with Crippen LogP contribution in [0.5, 0.6) is 5.75 Å². The Bertz CT molecular complexity index is 322. The monoisotopic (exact) mass is 191 g/mol. The molecule has 2 rings (SSSR count). The van der Waals surface area contributed by atoms with Gasteiger partial charge in [0.1, 0.15) is 5.75 Å². The SMILES string of the molecule is CCOc1ccc2c(c1)CC(C)NC2. The summed E-state index contributed by atoms with van der Waals surface area (Å²) in [6, 6.07) is 6.98. The van der Waals surface area contributed by atoms with E-state index in [-0.39, 0.29) is 0 Å². The molecule has 0 aromatic heterocycles. The summed E-state index contributed by atoms with van der Waals surface area (Å²) in [7, 11) is 0. The van der Waals surface area contributed by atoms with Crippen LogP contribution in [-0.2, 0) is 13.0 Å². The molecule has 0 amide bonds. The molecular formula is C12H17NO. The first-order valence-electron chi connectivity index (χ1n) is 5.27. The van der Waals surface area contributed by atoms with E-state index in [2.05, 4.69) is 30.4 Å². The number of fused-ring (bicyclic) bond motifs is 1. The quantitative estimate of drug-likeness (QED) is 0.773. The average Bonchev–Trinajstić information content (AvgIpc) is 2.17. The van der Waals surface area contributed by atoms with Crippen molar-refractivity contribution >= 4 is 0 Å². The summed E-state index contributed by atoms with van der Waals surface area (Å²) < 4.78 is 5.49. The summed E-state index contributed by atoms with van der Waals surface area (Å²) in [5, 5.41) is 3.45. The third kappa shape index (κ3) is 1.90. The predicted molar refractivity (Wildman–Crippen MR) is 57.6 cm³/mol. The lowest BCUT2D eigenvalue weighted by Crippen LogP contribution is -2.32. The molecule has 0 spiro atoms. The second-order valence-electron chi connectivity index (χ2n) is 3.85. The Labute approximate surface area is 85.3 Å². The van der Waals surface area contributed by atoms with E-state index in [4.69, 9.17) is 4.74 Å². The zero-order valence-electron chi connectivity index (χ0n) is 8.84. The fourth-order valence-electron chi connectivity index (χ4n) is 1.91. The van der Waals surface area contributed by atoms with E-state index in [0.29, 0.717) is 6.04 Å². The van der Waals surface area contributed by atoms with Crippen molar-refractivity contribution in [2.45, 2.75) is 32.9 Å². The minimum Gasteiger partial charge on any atom is -0.494 e. The molecular weight excluding hydrogens is 174 g/mol. The fourth-order valence-corrected chi connectivity index (χ4v) is 1.91. The third-order valence-corrected chi connectivity index (χ3v) is 2.66. The van der Waals surface area contributed by atoms with Crippen LogP contribution in [0.2, 0.25) is 0 Å². The average molecular weight is 191 g/mol. The van der Waals surface area contributed by atoms with E-state index in [0.717, 1.165) is 25.3 Å². The minimum atomic E-state index is 0.583. The van der Waals surface area contributed by atoms with Crippen LogP contribution in [0, 0.1) is 0 Å². The molecule has 1 aromatic carbocycles. The molecule has 1 unspecified atom stereocenters. The Hall–Kier alpha value is -1.02. The molecule has 0 radical (unpaired) electrons. The van der Waals surface area contributed by atoms with Gasteiger partial charge >= 0.3 is 0 Å². The van der Waals surface area contributed by atoms with Gasteiger partial charge in [-0.1, -0.05) is 6.07 Å². The van der Waals surface area contributed by atoms with E-state index < -0.39 is 0 Å². The molecule has 1 N–H and O–H groups in total. The Kier molecular flexibility index (Phi) is 2.73. The van der Waals surface area contributed by atoms with E-state index in [1.807, 2.05) is 6.92 Å². The molecule has 0 fully saturated rings. The van der Waals surface area contributed by atoms with Gasteiger partial charge in [0.05, 0.1) is 6.61 Å². The predicted octanol–water partition coefficient (Wildman–Crippen LogP) is 2.12. The summed E-state index contributed by atoms with van der Waals surface area (Å²) >= 11 is 0. The van der Waals surface area contributed by atoms with Crippen molar-refractivity contribution in [1.29, 1.82) is 0 Å². The van der Waals surface area contributed by atoms with E-state index >= 15 is 0 Å². The maximum Gasteiger partial charge on any atom is 0.119 e. The molecule has 2 nitrogen and oxygen atoms in total. The van der Waals surface area contributed by atoms with Gasteiger partial charge in [0.2, 0.25) is 0 Å². The van der Waals surface area contributed by atoms with Gasteiger partial charge in [0, 0.05) is 12.6 Å². The van der Waals surface area contributed by atoms with Crippen molar-refractivity contribution < 1.29 is 4.74 Å². The summed E-state index contributed by atoms with van der Waals surface area (Å²) in [6.07, 6.45) is 1.11. The normalized spacial score (nSPS) is 20.3. The highest BCUT2D eigenvalue weighted by atomic mass is 16.5. The van der Waals surface area contributed by atoms with Crippen LogP contribution < -0.4 is 10.1 Å². The highest BCUT2D eigenvalue weighted by molar-refractivity contribution is 5.37. The van der Waals surface area contributed by atoms with Crippen molar-refractivity contribution in [2.75, 3.05) is 6.61 Å². The molecule has 1 aromatic rings. The molecule has 1 atom stereocenters. The highest BCUT2D eigenvalue weighted by Gasteiger charge is 2.14. The standard InChI is InChI=1S/C12H17NO/c1-3-14-12-5-4-10-8-13-9(2)6-11(10)7-12/h4-5,7,9,13H,3,6,8H2,1-2H3. The molecule has 1 aliphatic heterocycles. The van der Waals surface area contributed by atoms with Crippen LogP contribution in [-0.4, -0.2) is 12.6 Å². The zero-order chi connectivity index (χ0) is 9.97. The smallest absolute Gasteiger partial charge is 0.119 e. The number of benzene rings is 1. The summed E-state index contributed by atoms with van der Waals surface area (Å²) in [6.45, 7) is 5.97. The molecule has 76 valence electrons. The van der Waals surface area contributed by atoms with E-state index in [9.17, 15) is 0 Å². The van der Waals surface area contributed by atoms with Crippen molar-refractivity contribution in [3.05, 3.63) is 29.3 Å². The third-order valence-electron chi connectivity index (χ3n) is 2.66. The van der Waals surface area contributed by atoms with Gasteiger partial charge in [-0.05, 0) is 43.5 Å². The topological polar surface area (TPSA) is 21.3 Å². The van der Waals surface area contributed by atoms with Crippen LogP contribution in [0.15, 0.2) is 18.2 Å². The molecule has 0 bridgehead atoms. The number of hydrogen-bond acceptors (Lipinski definition) is 2. The van der Waals surface area contributed by atoms with Crippen LogP contribution >= 0.6 is 0 Å². The maximum absolute atomic E-state index is 5.49. The Morgan fingerprint density at radius 2 is 2.29 bits per heavy atom. The van der Waals surface area contributed by atoms with Crippen LogP contribution in [0.25, 0.3) is 0 Å². The summed E-state index contributed by atoms with van der Waals surface area (Å²) in [5.41, 5.74) is 2.84. The van der Waals surface area contributed by atoms with Gasteiger partial charge < -0.3 is 10.1 Å². The lowest BCUT2D eigenvalue weighted by molar-refractivity contribution is 0.339. The first-order valence-corrected chi connectivity index (χ1v) is 5.27. The Balaban J connectivity index is 2.24. The lowest BCUT2D eigenvalue weighted by atomic mass is 9.96. The molecule has 14 heavy (non-hydrogen) atoms. The van der Waals surface area contributed by atoms with Crippen molar-refractivity contribution in [3.8, 4) is 5.75 Å². The highest BCUT2D eigenvalue weighted by Crippen LogP contribution is 2.22. The number of rotatable bonds is 2. The Morgan fingerprint density at radius 3 is 3.07 bits per heavy atom. The number of ether oxygens (including phenoxy) is 1. The van der Waals surface area contributed by atoms with Gasteiger partial charge in [-0.25, -0.2) is 0 Å². The molecule has 0 saturated carbocycles. The van der Waals surface area contributed by atoms with Gasteiger partial charge in [-0.2, -0.15) is 0 Å².